The molecule has 16 heteroatoms. The van der Waals surface area contributed by atoms with Crippen molar-refractivity contribution in [3.63, 3.8) is 0 Å². The average molecular weight is 605 g/mol. The van der Waals surface area contributed by atoms with Crippen LogP contribution in [0.15, 0.2) is 61.4 Å². The lowest BCUT2D eigenvalue weighted by molar-refractivity contribution is -0.259. The van der Waals surface area contributed by atoms with Gasteiger partial charge in [-0.2, -0.15) is 0 Å². The average Bonchev–Trinajstić information content (AvgIpc) is 2.98. The summed E-state index contributed by atoms with van der Waals surface area (Å²) in [5.74, 6) is -5.73. The Kier molecular flexibility index (Phi) is 13.5. The van der Waals surface area contributed by atoms with Crippen molar-refractivity contribution in [2.45, 2.75) is 0 Å². The fraction of sp³-hybridized carbons (Fsp3) is 0.259. The number of aliphatic carboxylic acids is 2. The van der Waals surface area contributed by atoms with Crippen LogP contribution in [0.3, 0.4) is 0 Å². The summed E-state index contributed by atoms with van der Waals surface area (Å²) in [4.78, 5) is 80.4. The van der Waals surface area contributed by atoms with Gasteiger partial charge >= 0.3 is 35.8 Å². The molecule has 2 aromatic carbocycles. The minimum absolute atomic E-state index is 0.0430. The number of nitrogens with zero attached hydrogens (tertiary/aromatic N) is 2. The lowest BCUT2D eigenvalue weighted by Crippen LogP contribution is -2.29. The Morgan fingerprint density at radius 2 is 1.14 bits per heavy atom. The van der Waals surface area contributed by atoms with Crippen molar-refractivity contribution in [1.29, 1.82) is 0 Å². The molecule has 0 saturated carbocycles. The van der Waals surface area contributed by atoms with Gasteiger partial charge in [-0.05, 0) is 48.5 Å². The van der Waals surface area contributed by atoms with Crippen LogP contribution in [0.5, 0.6) is 0 Å². The number of esters is 4. The number of likely N-dealkylation sites (N-methyl/N-ethyl adjacent to an activating group) is 1. The van der Waals surface area contributed by atoms with Gasteiger partial charge in [0.05, 0.1) is 16.8 Å². The molecule has 0 aliphatic carbocycles. The Bertz CT molecular complexity index is 1290. The maximum absolute atomic E-state index is 12.2. The van der Waals surface area contributed by atoms with Crippen LogP contribution in [0.2, 0.25) is 0 Å². The van der Waals surface area contributed by atoms with Gasteiger partial charge in [0, 0.05) is 12.7 Å². The van der Waals surface area contributed by atoms with Gasteiger partial charge in [-0.1, -0.05) is 11.6 Å². The number of anilines is 2. The summed E-state index contributed by atoms with van der Waals surface area (Å²) in [6.45, 7) is 0.314. The van der Waals surface area contributed by atoms with Gasteiger partial charge in [0.1, 0.15) is 32.6 Å². The quantitative estimate of drug-likeness (QED) is 0.0612. The molecule has 0 spiro atoms. The standard InChI is InChI=1S/C27H28N2O14/c1-3-42-43-29(15-23(32)33)21-10-6-19(7-11-21)27(37)41-17-25(35)39-13-12-38-24(34)16-40-26(36)18-4-8-20(9-5-18)28(2)14-22(30)31/h3-11H,1,12-17H2,2H3,(H,30,31)(H,32,33). The Hall–Kier alpha value is -5.64. The predicted octanol–water partition coefficient (Wildman–Crippen LogP) is 1.21. The van der Waals surface area contributed by atoms with E-state index in [-0.39, 0.29) is 36.6 Å². The fourth-order valence-electron chi connectivity index (χ4n) is 3.09. The SMILES string of the molecule is C=COON(CC(=O)O)c1ccc(C(=O)OCC(=O)OCCOC(=O)COC(=O)c2ccc(N(C)CC(=O)O)cc2)cc1. The molecule has 0 saturated heterocycles. The number of carboxylic acids is 2. The first kappa shape index (κ1) is 33.6. The van der Waals surface area contributed by atoms with Crippen LogP contribution in [0.25, 0.3) is 0 Å². The number of hydrogen-bond donors (Lipinski definition) is 2. The van der Waals surface area contributed by atoms with Crippen LogP contribution in [0.4, 0.5) is 11.4 Å². The van der Waals surface area contributed by atoms with E-state index in [4.69, 9.17) is 34.1 Å². The normalized spacial score (nSPS) is 10.1. The van der Waals surface area contributed by atoms with Gasteiger partial charge in [-0.25, -0.2) is 24.2 Å². The molecule has 2 aromatic rings. The van der Waals surface area contributed by atoms with Gasteiger partial charge in [0.2, 0.25) is 0 Å². The monoisotopic (exact) mass is 604 g/mol. The molecular formula is C27H28N2O14. The van der Waals surface area contributed by atoms with Crippen molar-refractivity contribution < 1.29 is 67.8 Å². The Morgan fingerprint density at radius 1 is 0.698 bits per heavy atom. The maximum Gasteiger partial charge on any atom is 0.344 e. The first-order chi connectivity index (χ1) is 20.5. The third kappa shape index (κ3) is 12.2. The number of rotatable bonds is 18. The first-order valence-electron chi connectivity index (χ1n) is 12.2. The van der Waals surface area contributed by atoms with E-state index in [1.165, 1.54) is 53.4 Å². The van der Waals surface area contributed by atoms with E-state index >= 15 is 0 Å². The zero-order chi connectivity index (χ0) is 31.8. The lowest BCUT2D eigenvalue weighted by Gasteiger charge is -2.19. The largest absolute Gasteiger partial charge is 0.480 e. The number of carbonyl (C=O) groups is 6. The minimum atomic E-state index is -1.21. The van der Waals surface area contributed by atoms with Crippen LogP contribution < -0.4 is 9.96 Å². The molecule has 2 rings (SSSR count). The second-order valence-electron chi connectivity index (χ2n) is 8.20. The van der Waals surface area contributed by atoms with E-state index in [2.05, 4.69) is 11.5 Å². The summed E-state index contributed by atoms with van der Waals surface area (Å²) in [5.41, 5.74) is 0.971. The minimum Gasteiger partial charge on any atom is -0.480 e. The molecule has 0 aliphatic rings. The molecule has 230 valence electrons. The van der Waals surface area contributed by atoms with Crippen molar-refractivity contribution in [3.05, 3.63) is 72.5 Å². The van der Waals surface area contributed by atoms with Crippen LogP contribution >= 0.6 is 0 Å². The molecule has 0 amide bonds. The van der Waals surface area contributed by atoms with Crippen LogP contribution in [-0.4, -0.2) is 92.6 Å². The van der Waals surface area contributed by atoms with Gasteiger partial charge in [-0.15, -0.1) is 0 Å². The van der Waals surface area contributed by atoms with E-state index in [9.17, 15) is 28.8 Å². The molecule has 16 nitrogen and oxygen atoms in total. The van der Waals surface area contributed by atoms with Gasteiger partial charge in [0.15, 0.2) is 13.2 Å². The second-order valence-corrected chi connectivity index (χ2v) is 8.20. The van der Waals surface area contributed by atoms with Gasteiger partial charge in [-0.3, -0.25) is 9.59 Å². The summed E-state index contributed by atoms with van der Waals surface area (Å²) >= 11 is 0. The van der Waals surface area contributed by atoms with Gasteiger partial charge < -0.3 is 38.9 Å². The van der Waals surface area contributed by atoms with Crippen molar-refractivity contribution in [2.24, 2.45) is 0 Å². The highest BCUT2D eigenvalue weighted by atomic mass is 17.3. The van der Waals surface area contributed by atoms with Crippen LogP contribution in [0, 0.1) is 0 Å². The predicted molar refractivity (Wildman–Crippen MR) is 144 cm³/mol. The molecule has 0 aliphatic heterocycles. The van der Waals surface area contributed by atoms with E-state index in [0.29, 0.717) is 5.69 Å². The number of benzene rings is 2. The van der Waals surface area contributed by atoms with Crippen molar-refractivity contribution in [3.8, 4) is 0 Å². The third-order valence-electron chi connectivity index (χ3n) is 5.04. The summed E-state index contributed by atoms with van der Waals surface area (Å²) in [6.07, 6.45) is 0.942. The Balaban J connectivity index is 1.66. The molecule has 0 heterocycles. The highest BCUT2D eigenvalue weighted by Gasteiger charge is 2.16. The molecule has 0 unspecified atom stereocenters. The summed E-state index contributed by atoms with van der Waals surface area (Å²) in [7, 11) is 1.57. The molecular weight excluding hydrogens is 576 g/mol. The maximum atomic E-state index is 12.2. The summed E-state index contributed by atoms with van der Waals surface area (Å²) < 4.78 is 19.3. The van der Waals surface area contributed by atoms with E-state index in [1.807, 2.05) is 0 Å². The molecule has 0 radical (unpaired) electrons. The topological polar surface area (TPSA) is 205 Å². The lowest BCUT2D eigenvalue weighted by atomic mass is 10.2. The molecule has 43 heavy (non-hydrogen) atoms. The fourth-order valence-corrected chi connectivity index (χ4v) is 3.09. The molecule has 0 atom stereocenters. The van der Waals surface area contributed by atoms with Crippen LogP contribution in [0.1, 0.15) is 20.7 Å². The summed E-state index contributed by atoms with van der Waals surface area (Å²) in [6, 6.07) is 11.2. The first-order valence-corrected chi connectivity index (χ1v) is 12.2. The zero-order valence-corrected chi connectivity index (χ0v) is 22.8. The number of hydroxylamine groups is 1. The molecule has 0 aromatic heterocycles. The smallest absolute Gasteiger partial charge is 0.344 e. The highest BCUT2D eigenvalue weighted by Crippen LogP contribution is 2.17. The van der Waals surface area contributed by atoms with E-state index < -0.39 is 55.6 Å². The van der Waals surface area contributed by atoms with Crippen molar-refractivity contribution >= 4 is 47.2 Å². The number of carboxylic acid groups (broad SMARTS) is 2. The molecule has 2 N–H and O–H groups in total. The van der Waals surface area contributed by atoms with E-state index in [1.54, 1.807) is 7.05 Å². The molecule has 0 fully saturated rings. The summed E-state index contributed by atoms with van der Waals surface area (Å²) in [5, 5.41) is 18.7. The third-order valence-corrected chi connectivity index (χ3v) is 5.04. The van der Waals surface area contributed by atoms with Crippen molar-refractivity contribution in [1.82, 2.24) is 0 Å². The Morgan fingerprint density at radius 3 is 1.56 bits per heavy atom. The second kappa shape index (κ2) is 17.2. The highest BCUT2D eigenvalue weighted by molar-refractivity contribution is 5.92. The Labute approximate surface area is 244 Å². The van der Waals surface area contributed by atoms with Gasteiger partial charge in [0.25, 0.3) is 0 Å². The zero-order valence-electron chi connectivity index (χ0n) is 22.8. The van der Waals surface area contributed by atoms with Crippen LogP contribution in [-0.2, 0) is 48.0 Å². The van der Waals surface area contributed by atoms with Crippen molar-refractivity contribution in [2.75, 3.05) is 56.5 Å². The molecule has 0 bridgehead atoms. The number of carbonyl (C=O) groups excluding carboxylic acids is 4. The number of ether oxygens (including phenoxy) is 4. The number of hydrogen-bond acceptors (Lipinski definition) is 14. The van der Waals surface area contributed by atoms with E-state index in [0.717, 1.165) is 11.3 Å².